The molecule has 1 unspecified atom stereocenters. The van der Waals surface area contributed by atoms with Gasteiger partial charge < -0.3 is 10.1 Å². The minimum atomic E-state index is 0.128. The van der Waals surface area contributed by atoms with Gasteiger partial charge >= 0.3 is 0 Å². The zero-order valence-corrected chi connectivity index (χ0v) is 10.5. The molecular formula is C15H19NO2. The molecule has 0 spiro atoms. The van der Waals surface area contributed by atoms with Gasteiger partial charge in [-0.1, -0.05) is 24.3 Å². The summed E-state index contributed by atoms with van der Waals surface area (Å²) in [6.45, 7) is 1.30. The molecule has 1 aliphatic heterocycles. The van der Waals surface area contributed by atoms with Crippen LogP contribution in [0.3, 0.4) is 0 Å². The van der Waals surface area contributed by atoms with Crippen LogP contribution in [-0.4, -0.2) is 18.6 Å². The maximum atomic E-state index is 11.6. The first kappa shape index (κ1) is 11.7. The van der Waals surface area contributed by atoms with E-state index >= 15 is 0 Å². The van der Waals surface area contributed by atoms with Crippen LogP contribution in [0.15, 0.2) is 24.3 Å². The summed E-state index contributed by atoms with van der Waals surface area (Å²) in [6.07, 6.45) is 4.17. The molecule has 0 saturated heterocycles. The van der Waals surface area contributed by atoms with Crippen molar-refractivity contribution in [1.29, 1.82) is 0 Å². The molecule has 96 valence electrons. The lowest BCUT2D eigenvalue weighted by Crippen LogP contribution is -2.36. The summed E-state index contributed by atoms with van der Waals surface area (Å²) < 4.78 is 5.76. The van der Waals surface area contributed by atoms with Gasteiger partial charge in [0, 0.05) is 19.4 Å². The first-order valence-electron chi connectivity index (χ1n) is 6.76. The maximum absolute atomic E-state index is 11.6. The zero-order valence-electron chi connectivity index (χ0n) is 10.5. The molecule has 2 aliphatic rings. The Balaban J connectivity index is 1.48. The molecule has 3 heteroatoms. The second kappa shape index (κ2) is 5.11. The Labute approximate surface area is 108 Å². The van der Waals surface area contributed by atoms with Crippen LogP contribution < -0.4 is 5.32 Å². The van der Waals surface area contributed by atoms with Crippen molar-refractivity contribution in [3.8, 4) is 0 Å². The van der Waals surface area contributed by atoms with Gasteiger partial charge in [-0.2, -0.15) is 0 Å². The van der Waals surface area contributed by atoms with Crippen molar-refractivity contribution >= 4 is 5.91 Å². The number of rotatable bonds is 4. The first-order chi connectivity index (χ1) is 8.81. The second-order valence-corrected chi connectivity index (χ2v) is 5.36. The highest BCUT2D eigenvalue weighted by Gasteiger charge is 2.25. The number of carbonyl (C=O) groups excluding carboxylic acids is 1. The van der Waals surface area contributed by atoms with Crippen molar-refractivity contribution in [1.82, 2.24) is 5.32 Å². The van der Waals surface area contributed by atoms with E-state index in [1.54, 1.807) is 0 Å². The molecule has 1 atom stereocenters. The van der Waals surface area contributed by atoms with E-state index in [1.165, 1.54) is 24.0 Å². The van der Waals surface area contributed by atoms with E-state index in [4.69, 9.17) is 4.74 Å². The summed E-state index contributed by atoms with van der Waals surface area (Å²) >= 11 is 0. The lowest BCUT2D eigenvalue weighted by Gasteiger charge is -2.25. The summed E-state index contributed by atoms with van der Waals surface area (Å²) in [6, 6.07) is 8.36. The number of nitrogens with one attached hydrogen (secondary N) is 1. The molecule has 0 aromatic heterocycles. The molecule has 1 heterocycles. The van der Waals surface area contributed by atoms with Crippen molar-refractivity contribution in [2.45, 2.75) is 38.4 Å². The maximum Gasteiger partial charge on any atom is 0.220 e. The van der Waals surface area contributed by atoms with E-state index in [1.807, 2.05) is 6.07 Å². The van der Waals surface area contributed by atoms with Crippen LogP contribution >= 0.6 is 0 Å². The first-order valence-corrected chi connectivity index (χ1v) is 6.76. The average Bonchev–Trinajstić information content (AvgIpc) is 3.20. The van der Waals surface area contributed by atoms with Crippen LogP contribution in [0.4, 0.5) is 0 Å². The fraction of sp³-hybridized carbons (Fsp3) is 0.533. The molecule has 0 radical (unpaired) electrons. The van der Waals surface area contributed by atoms with Gasteiger partial charge in [-0.05, 0) is 29.9 Å². The standard InChI is InChI=1S/C15H19NO2/c17-15(7-11-5-6-11)16-9-14-8-12-3-1-2-4-13(12)10-18-14/h1-4,11,14H,5-10H2,(H,16,17). The highest BCUT2D eigenvalue weighted by molar-refractivity contribution is 5.76. The Bertz CT molecular complexity index is 440. The van der Waals surface area contributed by atoms with Gasteiger partial charge in [-0.25, -0.2) is 0 Å². The van der Waals surface area contributed by atoms with E-state index in [0.29, 0.717) is 25.5 Å². The Kier molecular flexibility index (Phi) is 3.33. The lowest BCUT2D eigenvalue weighted by atomic mass is 9.99. The molecule has 18 heavy (non-hydrogen) atoms. The minimum Gasteiger partial charge on any atom is -0.371 e. The van der Waals surface area contributed by atoms with E-state index < -0.39 is 0 Å². The Hall–Kier alpha value is -1.35. The predicted octanol–water partition coefficient (Wildman–Crippen LogP) is 2.04. The monoisotopic (exact) mass is 245 g/mol. The van der Waals surface area contributed by atoms with Crippen molar-refractivity contribution < 1.29 is 9.53 Å². The summed E-state index contributed by atoms with van der Waals surface area (Å²) in [5.41, 5.74) is 2.63. The largest absolute Gasteiger partial charge is 0.371 e. The van der Waals surface area contributed by atoms with Crippen LogP contribution in [0.5, 0.6) is 0 Å². The van der Waals surface area contributed by atoms with Gasteiger partial charge in [-0.15, -0.1) is 0 Å². The van der Waals surface area contributed by atoms with Crippen molar-refractivity contribution in [3.05, 3.63) is 35.4 Å². The quantitative estimate of drug-likeness (QED) is 0.881. The number of hydrogen-bond acceptors (Lipinski definition) is 2. The van der Waals surface area contributed by atoms with Crippen LogP contribution in [-0.2, 0) is 22.6 Å². The molecule has 1 amide bonds. The number of fused-ring (bicyclic) bond motifs is 1. The molecule has 1 fully saturated rings. The minimum absolute atomic E-state index is 0.128. The van der Waals surface area contributed by atoms with Crippen molar-refractivity contribution in [3.63, 3.8) is 0 Å². The van der Waals surface area contributed by atoms with Crippen molar-refractivity contribution in [2.75, 3.05) is 6.54 Å². The third-order valence-electron chi connectivity index (χ3n) is 3.74. The molecule has 1 aromatic carbocycles. The number of amides is 1. The van der Waals surface area contributed by atoms with Gasteiger partial charge in [-0.3, -0.25) is 4.79 Å². The van der Waals surface area contributed by atoms with Crippen LogP contribution in [0.25, 0.3) is 0 Å². The molecule has 3 nitrogen and oxygen atoms in total. The van der Waals surface area contributed by atoms with Gasteiger partial charge in [0.05, 0.1) is 12.7 Å². The number of carbonyl (C=O) groups is 1. The summed E-state index contributed by atoms with van der Waals surface area (Å²) in [5, 5.41) is 2.99. The Morgan fingerprint density at radius 3 is 2.83 bits per heavy atom. The fourth-order valence-electron chi connectivity index (χ4n) is 2.42. The molecule has 1 saturated carbocycles. The molecular weight excluding hydrogens is 226 g/mol. The van der Waals surface area contributed by atoms with E-state index in [0.717, 1.165) is 6.42 Å². The van der Waals surface area contributed by atoms with Gasteiger partial charge in [0.25, 0.3) is 0 Å². The normalized spacial score (nSPS) is 22.3. The average molecular weight is 245 g/mol. The number of hydrogen-bond donors (Lipinski definition) is 1. The third-order valence-corrected chi connectivity index (χ3v) is 3.74. The number of benzene rings is 1. The smallest absolute Gasteiger partial charge is 0.220 e. The van der Waals surface area contributed by atoms with E-state index in [-0.39, 0.29) is 12.0 Å². The second-order valence-electron chi connectivity index (χ2n) is 5.36. The summed E-state index contributed by atoms with van der Waals surface area (Å²) in [7, 11) is 0. The Morgan fingerprint density at radius 2 is 2.06 bits per heavy atom. The molecule has 0 bridgehead atoms. The van der Waals surface area contributed by atoms with Crippen LogP contribution in [0, 0.1) is 5.92 Å². The van der Waals surface area contributed by atoms with Gasteiger partial charge in [0.2, 0.25) is 5.91 Å². The predicted molar refractivity (Wildman–Crippen MR) is 69.1 cm³/mol. The van der Waals surface area contributed by atoms with Gasteiger partial charge in [0.15, 0.2) is 0 Å². The fourth-order valence-corrected chi connectivity index (χ4v) is 2.42. The highest BCUT2D eigenvalue weighted by atomic mass is 16.5. The van der Waals surface area contributed by atoms with Gasteiger partial charge in [0.1, 0.15) is 0 Å². The zero-order chi connectivity index (χ0) is 12.4. The number of ether oxygens (including phenoxy) is 1. The molecule has 1 aromatic rings. The summed E-state index contributed by atoms with van der Waals surface area (Å²) in [4.78, 5) is 11.6. The highest BCUT2D eigenvalue weighted by Crippen LogP contribution is 2.32. The van der Waals surface area contributed by atoms with E-state index in [2.05, 4.69) is 23.5 Å². The lowest BCUT2D eigenvalue weighted by molar-refractivity contribution is -0.122. The van der Waals surface area contributed by atoms with Crippen LogP contribution in [0.1, 0.15) is 30.4 Å². The van der Waals surface area contributed by atoms with E-state index in [9.17, 15) is 4.79 Å². The molecule has 1 N–H and O–H groups in total. The summed E-state index contributed by atoms with van der Waals surface area (Å²) in [5.74, 6) is 0.831. The van der Waals surface area contributed by atoms with Crippen molar-refractivity contribution in [2.24, 2.45) is 5.92 Å². The SMILES string of the molecule is O=C(CC1CC1)NCC1Cc2ccccc2CO1. The Morgan fingerprint density at radius 1 is 1.28 bits per heavy atom. The molecule has 3 rings (SSSR count). The third kappa shape index (κ3) is 2.91. The topological polar surface area (TPSA) is 38.3 Å². The molecule has 1 aliphatic carbocycles. The van der Waals surface area contributed by atoms with Crippen LogP contribution in [0.2, 0.25) is 0 Å².